The molecule has 3 heterocycles. The van der Waals surface area contributed by atoms with Crippen molar-refractivity contribution in [1.29, 1.82) is 5.26 Å². The fourth-order valence-electron chi connectivity index (χ4n) is 4.07. The fraction of sp³-hybridized carbons (Fsp3) is 0.400. The highest BCUT2D eigenvalue weighted by Crippen LogP contribution is 2.39. The molecule has 1 aromatic heterocycles. The van der Waals surface area contributed by atoms with Crippen molar-refractivity contribution in [2.75, 3.05) is 25.0 Å². The topological polar surface area (TPSA) is 146 Å². The van der Waals surface area contributed by atoms with E-state index in [4.69, 9.17) is 49.9 Å². The van der Waals surface area contributed by atoms with Crippen LogP contribution >= 0.6 is 46.1 Å². The fourth-order valence-corrected chi connectivity index (χ4v) is 5.28. The lowest BCUT2D eigenvalue weighted by molar-refractivity contribution is -0.121. The van der Waals surface area contributed by atoms with Crippen molar-refractivity contribution in [3.8, 4) is 11.8 Å². The molecule has 2 aliphatic rings. The van der Waals surface area contributed by atoms with Crippen LogP contribution in [-0.4, -0.2) is 63.4 Å². The van der Waals surface area contributed by atoms with E-state index in [9.17, 15) is 19.2 Å². The summed E-state index contributed by atoms with van der Waals surface area (Å²) in [6, 6.07) is 6.97. The molecule has 0 atom stereocenters. The van der Waals surface area contributed by atoms with Crippen molar-refractivity contribution >= 4 is 75.4 Å². The maximum atomic E-state index is 12.3. The number of nitrogens with one attached hydrogen (secondary N) is 1. The maximum absolute atomic E-state index is 12.3. The van der Waals surface area contributed by atoms with Gasteiger partial charge in [0, 0.05) is 25.9 Å². The van der Waals surface area contributed by atoms with E-state index in [1.807, 2.05) is 6.07 Å². The van der Waals surface area contributed by atoms with E-state index >= 15 is 0 Å². The number of ketones is 1. The Kier molecular flexibility index (Phi) is 9.72. The summed E-state index contributed by atoms with van der Waals surface area (Å²) in [5.74, 6) is -0.476. The van der Waals surface area contributed by atoms with Gasteiger partial charge in [0.2, 0.25) is 10.2 Å². The van der Waals surface area contributed by atoms with E-state index in [1.54, 1.807) is 36.9 Å². The Hall–Kier alpha value is -3.04. The monoisotopic (exact) mass is 615 g/mol. The highest BCUT2D eigenvalue weighted by Gasteiger charge is 2.42. The highest BCUT2D eigenvalue weighted by molar-refractivity contribution is 7.18. The van der Waals surface area contributed by atoms with Crippen LogP contribution in [0.2, 0.25) is 0 Å². The molecular formula is C25H24Cl3N3O7S. The average molecular weight is 617 g/mol. The van der Waals surface area contributed by atoms with Gasteiger partial charge in [0.1, 0.15) is 27.8 Å². The van der Waals surface area contributed by atoms with Crippen LogP contribution in [0.3, 0.4) is 0 Å². The lowest BCUT2D eigenvalue weighted by atomic mass is 9.82. The summed E-state index contributed by atoms with van der Waals surface area (Å²) < 4.78 is 9.05. The first-order valence-electron chi connectivity index (χ1n) is 11.6. The molecule has 0 bridgehead atoms. The van der Waals surface area contributed by atoms with Gasteiger partial charge >= 0.3 is 12.1 Å². The molecular weight excluding hydrogens is 593 g/mol. The molecule has 1 fully saturated rings. The minimum absolute atomic E-state index is 0.0166. The van der Waals surface area contributed by atoms with Crippen LogP contribution in [0.5, 0.6) is 5.75 Å². The quantitative estimate of drug-likeness (QED) is 0.338. The van der Waals surface area contributed by atoms with Gasteiger partial charge in [0.15, 0.2) is 5.78 Å². The standard InChI is InChI=1S/C15H14N2O3.C10H10Cl3NO4S/c16-9-11-1-2-14-12(7-11)13(19)8-15(20-14)3-5-17(10-18)6-4-15;1-4-5(2)7(19-6(4)8(15)16)14-9(17)18-3-10(11,12)13/h1-2,7,10H,3-6,8H2;3H2,1-2H3,(H,14,17)(H,15,16). The summed E-state index contributed by atoms with van der Waals surface area (Å²) in [7, 11) is 0. The number of hydrogen-bond donors (Lipinski definition) is 2. The zero-order valence-electron chi connectivity index (χ0n) is 20.9. The number of halogens is 3. The summed E-state index contributed by atoms with van der Waals surface area (Å²) in [6.45, 7) is 4.18. The molecule has 4 rings (SSSR count). The Morgan fingerprint density at radius 3 is 2.49 bits per heavy atom. The van der Waals surface area contributed by atoms with Crippen LogP contribution in [0.25, 0.3) is 0 Å². The van der Waals surface area contributed by atoms with Gasteiger partial charge in [-0.15, -0.1) is 11.3 Å². The van der Waals surface area contributed by atoms with Gasteiger partial charge in [0.25, 0.3) is 0 Å². The van der Waals surface area contributed by atoms with E-state index in [0.29, 0.717) is 65.4 Å². The van der Waals surface area contributed by atoms with E-state index in [-0.39, 0.29) is 10.7 Å². The lowest BCUT2D eigenvalue weighted by Crippen LogP contribution is -2.50. The van der Waals surface area contributed by atoms with E-state index in [0.717, 1.165) is 17.7 Å². The van der Waals surface area contributed by atoms with Crippen LogP contribution in [-0.2, 0) is 9.53 Å². The maximum Gasteiger partial charge on any atom is 0.412 e. The van der Waals surface area contributed by atoms with E-state index in [2.05, 4.69) is 10.1 Å². The predicted molar refractivity (Wildman–Crippen MR) is 146 cm³/mol. The Morgan fingerprint density at radius 2 is 1.95 bits per heavy atom. The SMILES string of the molecule is Cc1c(NC(=O)OCC(Cl)(Cl)Cl)sc(C(=O)O)c1C.N#Cc1ccc2c(c1)C(=O)CC1(CCN(C=O)CC1)O2. The van der Waals surface area contributed by atoms with Gasteiger partial charge in [-0.2, -0.15) is 5.26 Å². The number of nitriles is 1. The molecule has 1 spiro atoms. The smallest absolute Gasteiger partial charge is 0.412 e. The molecule has 2 aliphatic heterocycles. The summed E-state index contributed by atoms with van der Waals surface area (Å²) in [5, 5.41) is 20.7. The molecule has 10 nitrogen and oxygen atoms in total. The van der Waals surface area contributed by atoms with E-state index in [1.165, 1.54) is 0 Å². The zero-order valence-corrected chi connectivity index (χ0v) is 24.0. The van der Waals surface area contributed by atoms with Crippen molar-refractivity contribution in [2.24, 2.45) is 0 Å². The van der Waals surface area contributed by atoms with Gasteiger partial charge in [-0.1, -0.05) is 34.8 Å². The molecule has 0 aliphatic carbocycles. The summed E-state index contributed by atoms with van der Waals surface area (Å²) in [6.07, 6.45) is 1.67. The number of piperidine rings is 1. The number of rotatable bonds is 4. The molecule has 14 heteroatoms. The largest absolute Gasteiger partial charge is 0.486 e. The minimum atomic E-state index is -1.69. The van der Waals surface area contributed by atoms with Crippen molar-refractivity contribution in [3.05, 3.63) is 45.3 Å². The lowest BCUT2D eigenvalue weighted by Gasteiger charge is -2.43. The molecule has 0 unspecified atom stereocenters. The normalized spacial score (nSPS) is 15.7. The van der Waals surface area contributed by atoms with Gasteiger partial charge in [0.05, 0.1) is 23.6 Å². The number of carboxylic acid groups (broad SMARTS) is 1. The molecule has 2 amide bonds. The van der Waals surface area contributed by atoms with Crippen molar-refractivity contribution in [2.45, 2.75) is 42.5 Å². The molecule has 208 valence electrons. The molecule has 0 saturated carbocycles. The predicted octanol–water partition coefficient (Wildman–Crippen LogP) is 5.50. The second-order valence-corrected chi connectivity index (χ2v) is 12.5. The third-order valence-corrected chi connectivity index (χ3v) is 7.93. The van der Waals surface area contributed by atoms with Gasteiger partial charge in [-0.05, 0) is 43.2 Å². The van der Waals surface area contributed by atoms with Gasteiger partial charge < -0.3 is 19.5 Å². The number of carboxylic acids is 1. The Balaban J connectivity index is 0.000000216. The van der Waals surface area contributed by atoms with Gasteiger partial charge in [-0.25, -0.2) is 9.59 Å². The van der Waals surface area contributed by atoms with Crippen molar-refractivity contribution in [1.82, 2.24) is 4.90 Å². The number of aromatic carboxylic acids is 1. The molecule has 1 saturated heterocycles. The number of anilines is 1. The Labute approximate surface area is 243 Å². The number of carbonyl (C=O) groups excluding carboxylic acids is 3. The van der Waals surface area contributed by atoms with Crippen LogP contribution in [0, 0.1) is 25.2 Å². The summed E-state index contributed by atoms with van der Waals surface area (Å²) in [4.78, 5) is 47.3. The van der Waals surface area contributed by atoms with Crippen LogP contribution < -0.4 is 10.1 Å². The number of ether oxygens (including phenoxy) is 2. The second-order valence-electron chi connectivity index (χ2n) is 8.98. The van der Waals surface area contributed by atoms with Crippen molar-refractivity contribution < 1.29 is 33.8 Å². The number of benzene rings is 1. The van der Waals surface area contributed by atoms with Crippen LogP contribution in [0.15, 0.2) is 18.2 Å². The molecule has 39 heavy (non-hydrogen) atoms. The summed E-state index contributed by atoms with van der Waals surface area (Å²) in [5.41, 5.74) is 1.72. The molecule has 1 aromatic carbocycles. The highest BCUT2D eigenvalue weighted by atomic mass is 35.6. The molecule has 2 N–H and O–H groups in total. The van der Waals surface area contributed by atoms with Crippen LogP contribution in [0.1, 0.15) is 56.0 Å². The van der Waals surface area contributed by atoms with E-state index < -0.39 is 28.1 Å². The number of likely N-dealkylation sites (tertiary alicyclic amines) is 1. The first-order valence-corrected chi connectivity index (χ1v) is 13.5. The third kappa shape index (κ3) is 7.76. The first kappa shape index (κ1) is 30.5. The number of amides is 2. The van der Waals surface area contributed by atoms with Gasteiger partial charge in [-0.3, -0.25) is 14.9 Å². The third-order valence-electron chi connectivity index (χ3n) is 6.30. The number of thiophene rings is 1. The number of fused-ring (bicyclic) bond motifs is 1. The minimum Gasteiger partial charge on any atom is -0.486 e. The number of carbonyl (C=O) groups is 4. The first-order chi connectivity index (χ1) is 18.3. The molecule has 0 radical (unpaired) electrons. The Morgan fingerprint density at radius 1 is 1.28 bits per heavy atom. The number of hydrogen-bond acceptors (Lipinski definition) is 8. The van der Waals surface area contributed by atoms with Crippen LogP contribution in [0.4, 0.5) is 9.80 Å². The Bertz CT molecular complexity index is 1330. The number of Topliss-reactive ketones (excluding diaryl/α,β-unsaturated/α-hetero) is 1. The average Bonchev–Trinajstić information content (AvgIpc) is 3.16. The summed E-state index contributed by atoms with van der Waals surface area (Å²) >= 11 is 17.2. The number of alkyl halides is 3. The van der Waals surface area contributed by atoms with Crippen molar-refractivity contribution in [3.63, 3.8) is 0 Å². The second kappa shape index (κ2) is 12.4. The molecule has 2 aromatic rings. The zero-order chi connectivity index (χ0) is 29.0. The number of nitrogens with zero attached hydrogens (tertiary/aromatic N) is 2.